The minimum Gasteiger partial charge on any atom is -0.311 e. The van der Waals surface area contributed by atoms with E-state index in [0.29, 0.717) is 0 Å². The first-order valence-electron chi connectivity index (χ1n) is 6.56. The van der Waals surface area contributed by atoms with Crippen molar-refractivity contribution in [1.29, 1.82) is 0 Å². The van der Waals surface area contributed by atoms with E-state index >= 15 is 0 Å². The van der Waals surface area contributed by atoms with Crippen molar-refractivity contribution in [1.82, 2.24) is 30.1 Å². The van der Waals surface area contributed by atoms with Crippen molar-refractivity contribution in [3.05, 3.63) is 29.8 Å². The maximum absolute atomic E-state index is 4.17. The lowest BCUT2D eigenvalue weighted by Gasteiger charge is -2.17. The molecular formula is C13H22N6. The molecule has 0 saturated heterocycles. The number of hydrogen-bond acceptors (Lipinski definition) is 4. The summed E-state index contributed by atoms with van der Waals surface area (Å²) in [5, 5.41) is 15.8. The molecule has 0 bridgehead atoms. The molecule has 1 N–H and O–H groups in total. The normalized spacial score (nSPS) is 12.0. The van der Waals surface area contributed by atoms with Crippen molar-refractivity contribution in [2.24, 2.45) is 7.05 Å². The lowest BCUT2D eigenvalue weighted by atomic mass is 10.1. The molecule has 0 spiro atoms. The first-order valence-corrected chi connectivity index (χ1v) is 6.56. The molecule has 2 aromatic heterocycles. The Bertz CT molecular complexity index is 519. The van der Waals surface area contributed by atoms with Crippen LogP contribution in [0.3, 0.4) is 0 Å². The summed E-state index contributed by atoms with van der Waals surface area (Å²) in [7, 11) is 1.96. The largest absolute Gasteiger partial charge is 0.311 e. The molecule has 0 radical (unpaired) electrons. The van der Waals surface area contributed by atoms with Gasteiger partial charge in [-0.3, -0.25) is 4.68 Å². The SMILES string of the molecule is Cn1nccc1CCNCc1cn(C(C)(C)C)nn1. The Morgan fingerprint density at radius 1 is 1.32 bits per heavy atom. The van der Waals surface area contributed by atoms with Crippen LogP contribution in [0.5, 0.6) is 0 Å². The third kappa shape index (κ3) is 3.64. The summed E-state index contributed by atoms with van der Waals surface area (Å²) in [6.07, 6.45) is 4.78. The van der Waals surface area contributed by atoms with E-state index in [1.54, 1.807) is 0 Å². The molecule has 6 heteroatoms. The maximum Gasteiger partial charge on any atom is 0.0965 e. The molecule has 104 valence electrons. The molecule has 2 heterocycles. The van der Waals surface area contributed by atoms with E-state index in [9.17, 15) is 0 Å². The highest BCUT2D eigenvalue weighted by atomic mass is 15.4. The predicted octanol–water partition coefficient (Wildman–Crippen LogP) is 1.10. The maximum atomic E-state index is 4.17. The Hall–Kier alpha value is -1.69. The molecule has 2 rings (SSSR count). The zero-order valence-electron chi connectivity index (χ0n) is 12.1. The van der Waals surface area contributed by atoms with Crippen LogP contribution in [0, 0.1) is 0 Å². The van der Waals surface area contributed by atoms with Gasteiger partial charge in [-0.25, -0.2) is 4.68 Å². The van der Waals surface area contributed by atoms with Gasteiger partial charge in [-0.1, -0.05) is 5.21 Å². The molecule has 0 aliphatic carbocycles. The Morgan fingerprint density at radius 2 is 2.11 bits per heavy atom. The van der Waals surface area contributed by atoms with Gasteiger partial charge in [0.1, 0.15) is 0 Å². The molecule has 2 aromatic rings. The van der Waals surface area contributed by atoms with Crippen LogP contribution in [0.2, 0.25) is 0 Å². The van der Waals surface area contributed by atoms with E-state index in [0.717, 1.165) is 25.2 Å². The van der Waals surface area contributed by atoms with Gasteiger partial charge in [0, 0.05) is 38.4 Å². The van der Waals surface area contributed by atoms with Crippen LogP contribution >= 0.6 is 0 Å². The van der Waals surface area contributed by atoms with E-state index in [2.05, 4.69) is 41.5 Å². The summed E-state index contributed by atoms with van der Waals surface area (Å²) < 4.78 is 3.79. The Morgan fingerprint density at radius 3 is 2.68 bits per heavy atom. The molecule has 0 aliphatic rings. The van der Waals surface area contributed by atoms with Gasteiger partial charge < -0.3 is 5.32 Å². The van der Waals surface area contributed by atoms with Crippen LogP contribution in [0.15, 0.2) is 18.5 Å². The topological polar surface area (TPSA) is 60.6 Å². The molecule has 0 fully saturated rings. The predicted molar refractivity (Wildman–Crippen MR) is 73.6 cm³/mol. The fourth-order valence-corrected chi connectivity index (χ4v) is 1.79. The second kappa shape index (κ2) is 5.52. The fraction of sp³-hybridized carbons (Fsp3) is 0.615. The van der Waals surface area contributed by atoms with Crippen LogP contribution in [-0.4, -0.2) is 31.3 Å². The van der Waals surface area contributed by atoms with Crippen molar-refractivity contribution in [2.45, 2.75) is 39.3 Å². The summed E-state index contributed by atoms with van der Waals surface area (Å²) in [4.78, 5) is 0. The number of rotatable bonds is 5. The van der Waals surface area contributed by atoms with Crippen molar-refractivity contribution in [3.63, 3.8) is 0 Å². The molecule has 0 atom stereocenters. The highest BCUT2D eigenvalue weighted by Crippen LogP contribution is 2.11. The fourth-order valence-electron chi connectivity index (χ4n) is 1.79. The lowest BCUT2D eigenvalue weighted by Crippen LogP contribution is -2.22. The lowest BCUT2D eigenvalue weighted by molar-refractivity contribution is 0.347. The van der Waals surface area contributed by atoms with Crippen LogP contribution in [0.25, 0.3) is 0 Å². The average Bonchev–Trinajstić information content (AvgIpc) is 2.93. The zero-order valence-corrected chi connectivity index (χ0v) is 12.1. The van der Waals surface area contributed by atoms with Gasteiger partial charge in [0.25, 0.3) is 0 Å². The second-order valence-corrected chi connectivity index (χ2v) is 5.70. The summed E-state index contributed by atoms with van der Waals surface area (Å²) in [6.45, 7) is 7.99. The molecule has 0 saturated carbocycles. The van der Waals surface area contributed by atoms with Crippen LogP contribution < -0.4 is 5.32 Å². The van der Waals surface area contributed by atoms with Crippen molar-refractivity contribution in [3.8, 4) is 0 Å². The van der Waals surface area contributed by atoms with Crippen LogP contribution in [0.4, 0.5) is 0 Å². The smallest absolute Gasteiger partial charge is 0.0965 e. The third-order valence-electron chi connectivity index (χ3n) is 3.01. The highest BCUT2D eigenvalue weighted by molar-refractivity contribution is 5.00. The Balaban J connectivity index is 1.77. The van der Waals surface area contributed by atoms with Crippen LogP contribution in [-0.2, 0) is 25.6 Å². The summed E-state index contributed by atoms with van der Waals surface area (Å²) in [5.41, 5.74) is 2.19. The molecule has 0 aromatic carbocycles. The van der Waals surface area contributed by atoms with Gasteiger partial charge in [-0.2, -0.15) is 5.10 Å². The van der Waals surface area contributed by atoms with E-state index in [4.69, 9.17) is 0 Å². The Labute approximate surface area is 113 Å². The van der Waals surface area contributed by atoms with Crippen LogP contribution in [0.1, 0.15) is 32.2 Å². The summed E-state index contributed by atoms with van der Waals surface area (Å²) >= 11 is 0. The van der Waals surface area contributed by atoms with Crippen molar-refractivity contribution >= 4 is 0 Å². The number of aryl methyl sites for hydroxylation is 1. The molecular weight excluding hydrogens is 240 g/mol. The number of hydrogen-bond donors (Lipinski definition) is 1. The van der Waals surface area contributed by atoms with Gasteiger partial charge in [0.15, 0.2) is 0 Å². The van der Waals surface area contributed by atoms with Gasteiger partial charge in [0.2, 0.25) is 0 Å². The summed E-state index contributed by atoms with van der Waals surface area (Å²) in [6, 6.07) is 2.04. The Kier molecular flexibility index (Phi) is 3.99. The molecule has 6 nitrogen and oxygen atoms in total. The molecule has 0 unspecified atom stereocenters. The second-order valence-electron chi connectivity index (χ2n) is 5.70. The molecule has 19 heavy (non-hydrogen) atoms. The first-order chi connectivity index (χ1) is 8.97. The third-order valence-corrected chi connectivity index (χ3v) is 3.01. The minimum absolute atomic E-state index is 0.0139. The van der Waals surface area contributed by atoms with Gasteiger partial charge in [-0.15, -0.1) is 5.10 Å². The van der Waals surface area contributed by atoms with E-state index in [1.807, 2.05) is 34.9 Å². The molecule has 0 amide bonds. The highest BCUT2D eigenvalue weighted by Gasteiger charge is 2.14. The van der Waals surface area contributed by atoms with E-state index in [-0.39, 0.29) is 5.54 Å². The zero-order chi connectivity index (χ0) is 13.9. The number of nitrogens with one attached hydrogen (secondary N) is 1. The van der Waals surface area contributed by atoms with Gasteiger partial charge in [0.05, 0.1) is 17.4 Å². The number of nitrogens with zero attached hydrogens (tertiary/aromatic N) is 5. The first kappa shape index (κ1) is 13.7. The minimum atomic E-state index is -0.0139. The quantitative estimate of drug-likeness (QED) is 0.820. The average molecular weight is 262 g/mol. The van der Waals surface area contributed by atoms with Gasteiger partial charge >= 0.3 is 0 Å². The summed E-state index contributed by atoms with van der Waals surface area (Å²) in [5.74, 6) is 0. The standard InChI is InChI=1S/C13H22N6/c1-13(2,3)19-10-11(16-17-19)9-14-7-5-12-6-8-15-18(12)4/h6,8,10,14H,5,7,9H2,1-4H3. The van der Waals surface area contributed by atoms with Crippen molar-refractivity contribution in [2.75, 3.05) is 6.54 Å². The van der Waals surface area contributed by atoms with E-state index < -0.39 is 0 Å². The molecule has 0 aliphatic heterocycles. The van der Waals surface area contributed by atoms with Crippen molar-refractivity contribution < 1.29 is 0 Å². The van der Waals surface area contributed by atoms with Gasteiger partial charge in [-0.05, 0) is 26.8 Å². The van der Waals surface area contributed by atoms with E-state index in [1.165, 1.54) is 5.69 Å². The number of aromatic nitrogens is 5. The monoisotopic (exact) mass is 262 g/mol.